The highest BCUT2D eigenvalue weighted by atomic mass is 32.1. The first-order chi connectivity index (χ1) is 13.6. The molecule has 4 aromatic rings. The van der Waals surface area contributed by atoms with Crippen molar-refractivity contribution in [1.82, 2.24) is 19.9 Å². The highest BCUT2D eigenvalue weighted by Gasteiger charge is 2.19. The number of carbonyl (C=O) groups excluding carboxylic acids is 1. The number of thiophene rings is 1. The lowest BCUT2D eigenvalue weighted by atomic mass is 10.2. The molecule has 0 spiro atoms. The fourth-order valence-corrected chi connectivity index (χ4v) is 4.08. The van der Waals surface area contributed by atoms with Crippen molar-refractivity contribution in [2.24, 2.45) is 0 Å². The molecule has 3 heterocycles. The number of nitrogens with one attached hydrogen (secondary N) is 1. The summed E-state index contributed by atoms with van der Waals surface area (Å²) in [7, 11) is 0. The van der Waals surface area contributed by atoms with Crippen molar-refractivity contribution < 1.29 is 4.79 Å². The topological polar surface area (TPSA) is 76.9 Å². The van der Waals surface area contributed by atoms with Crippen LogP contribution < -0.4 is 10.9 Å². The largest absolute Gasteiger partial charge is 0.346 e. The number of pyridine rings is 1. The van der Waals surface area contributed by atoms with Crippen LogP contribution in [0.1, 0.15) is 26.5 Å². The van der Waals surface area contributed by atoms with Crippen molar-refractivity contribution in [2.75, 3.05) is 0 Å². The van der Waals surface area contributed by atoms with Crippen molar-refractivity contribution in [3.63, 3.8) is 0 Å². The number of carbonyl (C=O) groups is 1. The van der Waals surface area contributed by atoms with Crippen LogP contribution in [0.5, 0.6) is 0 Å². The number of nitrogens with zero attached hydrogens (tertiary/aromatic N) is 3. The second-order valence-corrected chi connectivity index (χ2v) is 7.40. The molecule has 0 aliphatic rings. The maximum atomic E-state index is 13.0. The zero-order valence-corrected chi connectivity index (χ0v) is 16.1. The number of hydrogen-bond donors (Lipinski definition) is 1. The number of hydrogen-bond acceptors (Lipinski definition) is 5. The van der Waals surface area contributed by atoms with Gasteiger partial charge in [-0.3, -0.25) is 19.1 Å². The van der Waals surface area contributed by atoms with Crippen LogP contribution in [-0.2, 0) is 13.1 Å². The summed E-state index contributed by atoms with van der Waals surface area (Å²) in [6, 6.07) is 15.3. The standard InChI is InChI=1S/C21H18N4O2S/c1-14-17-20(24-13-25(21(17)27)12-15-7-3-2-4-8-15)28-18(14)19(26)23-11-16-9-5-6-10-22-16/h2-10,13H,11-12H2,1H3,(H,23,26). The van der Waals surface area contributed by atoms with Gasteiger partial charge in [0.15, 0.2) is 0 Å². The van der Waals surface area contributed by atoms with Crippen LogP contribution >= 0.6 is 11.3 Å². The summed E-state index contributed by atoms with van der Waals surface area (Å²) in [6.45, 7) is 2.57. The molecule has 0 fully saturated rings. The zero-order chi connectivity index (χ0) is 19.5. The number of amides is 1. The number of benzene rings is 1. The summed E-state index contributed by atoms with van der Waals surface area (Å²) in [5.41, 5.74) is 2.33. The summed E-state index contributed by atoms with van der Waals surface area (Å²) in [4.78, 5) is 35.3. The van der Waals surface area contributed by atoms with Gasteiger partial charge in [-0.15, -0.1) is 11.3 Å². The zero-order valence-electron chi connectivity index (χ0n) is 15.3. The molecule has 28 heavy (non-hydrogen) atoms. The smallest absolute Gasteiger partial charge is 0.262 e. The second kappa shape index (κ2) is 7.74. The van der Waals surface area contributed by atoms with Gasteiger partial charge in [0.05, 0.1) is 35.4 Å². The fraction of sp³-hybridized carbons (Fsp3) is 0.143. The molecule has 0 radical (unpaired) electrons. The van der Waals surface area contributed by atoms with E-state index in [4.69, 9.17) is 0 Å². The lowest BCUT2D eigenvalue weighted by Crippen LogP contribution is -2.23. The van der Waals surface area contributed by atoms with E-state index in [0.29, 0.717) is 33.7 Å². The summed E-state index contributed by atoms with van der Waals surface area (Å²) in [5, 5.41) is 3.37. The van der Waals surface area contributed by atoms with Crippen molar-refractivity contribution >= 4 is 27.5 Å². The Morgan fingerprint density at radius 1 is 1.11 bits per heavy atom. The predicted molar refractivity (Wildman–Crippen MR) is 110 cm³/mol. The quantitative estimate of drug-likeness (QED) is 0.568. The molecule has 0 atom stereocenters. The molecule has 7 heteroatoms. The van der Waals surface area contributed by atoms with E-state index in [2.05, 4.69) is 15.3 Å². The van der Waals surface area contributed by atoms with Gasteiger partial charge in [0.25, 0.3) is 11.5 Å². The van der Waals surface area contributed by atoms with Gasteiger partial charge in [0, 0.05) is 6.20 Å². The van der Waals surface area contributed by atoms with Gasteiger partial charge in [-0.05, 0) is 30.2 Å². The van der Waals surface area contributed by atoms with Crippen LogP contribution in [0.2, 0.25) is 0 Å². The molecule has 0 aliphatic heterocycles. The maximum Gasteiger partial charge on any atom is 0.262 e. The van der Waals surface area contributed by atoms with Crippen molar-refractivity contribution in [3.05, 3.63) is 93.1 Å². The van der Waals surface area contributed by atoms with Crippen LogP contribution in [0.15, 0.2) is 65.8 Å². The van der Waals surface area contributed by atoms with Gasteiger partial charge < -0.3 is 5.32 Å². The highest BCUT2D eigenvalue weighted by Crippen LogP contribution is 2.26. The van der Waals surface area contributed by atoms with Crippen LogP contribution in [0.4, 0.5) is 0 Å². The van der Waals surface area contributed by atoms with Gasteiger partial charge >= 0.3 is 0 Å². The molecule has 1 amide bonds. The third-order valence-corrected chi connectivity index (χ3v) is 5.67. The van der Waals surface area contributed by atoms with E-state index < -0.39 is 0 Å². The minimum atomic E-state index is -0.222. The van der Waals surface area contributed by atoms with E-state index in [9.17, 15) is 9.59 Å². The monoisotopic (exact) mass is 390 g/mol. The summed E-state index contributed by atoms with van der Waals surface area (Å²) < 4.78 is 1.58. The Morgan fingerprint density at radius 3 is 2.64 bits per heavy atom. The predicted octanol–water partition coefficient (Wildman–Crippen LogP) is 3.14. The lowest BCUT2D eigenvalue weighted by molar-refractivity contribution is 0.0954. The molecule has 0 unspecified atom stereocenters. The molecule has 140 valence electrons. The minimum Gasteiger partial charge on any atom is -0.346 e. The molecule has 1 aromatic carbocycles. The molecule has 0 saturated heterocycles. The lowest BCUT2D eigenvalue weighted by Gasteiger charge is -2.05. The second-order valence-electron chi connectivity index (χ2n) is 6.40. The average Bonchev–Trinajstić information content (AvgIpc) is 3.07. The van der Waals surface area contributed by atoms with E-state index in [1.165, 1.54) is 11.3 Å². The molecule has 1 N–H and O–H groups in total. The van der Waals surface area contributed by atoms with Crippen LogP contribution in [0.25, 0.3) is 10.2 Å². The number of aromatic nitrogens is 3. The number of rotatable bonds is 5. The Bertz CT molecular complexity index is 1180. The molecule has 6 nitrogen and oxygen atoms in total. The Kier molecular flexibility index (Phi) is 4.99. The Balaban J connectivity index is 1.62. The van der Waals surface area contributed by atoms with Gasteiger partial charge in [0.1, 0.15) is 4.83 Å². The number of fused-ring (bicyclic) bond motifs is 1. The van der Waals surface area contributed by atoms with E-state index >= 15 is 0 Å². The van der Waals surface area contributed by atoms with Gasteiger partial charge in [-0.1, -0.05) is 36.4 Å². The van der Waals surface area contributed by atoms with Crippen molar-refractivity contribution in [1.29, 1.82) is 0 Å². The van der Waals surface area contributed by atoms with Gasteiger partial charge in [-0.25, -0.2) is 4.98 Å². The van der Waals surface area contributed by atoms with Crippen molar-refractivity contribution in [3.8, 4) is 0 Å². The third kappa shape index (κ3) is 3.57. The first-order valence-electron chi connectivity index (χ1n) is 8.84. The molecule has 0 bridgehead atoms. The first kappa shape index (κ1) is 18.1. The fourth-order valence-electron chi connectivity index (χ4n) is 3.02. The summed E-state index contributed by atoms with van der Waals surface area (Å²) in [6.07, 6.45) is 3.23. The Hall–Kier alpha value is -3.32. The van der Waals surface area contributed by atoms with Crippen LogP contribution in [-0.4, -0.2) is 20.4 Å². The van der Waals surface area contributed by atoms with Gasteiger partial charge in [-0.2, -0.15) is 0 Å². The molecule has 0 saturated carbocycles. The maximum absolute atomic E-state index is 13.0. The van der Waals surface area contributed by atoms with E-state index in [0.717, 1.165) is 11.3 Å². The number of aryl methyl sites for hydroxylation is 1. The van der Waals surface area contributed by atoms with E-state index in [1.807, 2.05) is 48.5 Å². The highest BCUT2D eigenvalue weighted by molar-refractivity contribution is 7.20. The van der Waals surface area contributed by atoms with Gasteiger partial charge in [0.2, 0.25) is 0 Å². The SMILES string of the molecule is Cc1c(C(=O)NCc2ccccn2)sc2ncn(Cc3ccccc3)c(=O)c12. The molecule has 3 aromatic heterocycles. The molecular weight excluding hydrogens is 372 g/mol. The normalized spacial score (nSPS) is 10.9. The van der Waals surface area contributed by atoms with Crippen LogP contribution in [0, 0.1) is 6.92 Å². The molecular formula is C21H18N4O2S. The molecule has 4 rings (SSSR count). The van der Waals surface area contributed by atoms with E-state index in [1.54, 1.807) is 24.0 Å². The summed E-state index contributed by atoms with van der Waals surface area (Å²) >= 11 is 1.24. The van der Waals surface area contributed by atoms with E-state index in [-0.39, 0.29) is 11.5 Å². The average molecular weight is 390 g/mol. The van der Waals surface area contributed by atoms with Crippen molar-refractivity contribution in [2.45, 2.75) is 20.0 Å². The Labute approximate surface area is 165 Å². The third-order valence-electron chi connectivity index (χ3n) is 4.48. The Morgan fingerprint density at radius 2 is 1.89 bits per heavy atom. The minimum absolute atomic E-state index is 0.133. The molecule has 0 aliphatic carbocycles. The van der Waals surface area contributed by atoms with Crippen LogP contribution in [0.3, 0.4) is 0 Å². The first-order valence-corrected chi connectivity index (χ1v) is 9.65. The summed E-state index contributed by atoms with van der Waals surface area (Å²) in [5.74, 6) is -0.222.